The molecule has 27 heavy (non-hydrogen) atoms. The SMILES string of the molecule is Cl.Cl.NCC1CCCCC1NC(=O)Cc1csc(Cc2ccc(F)cc2)n1. The third kappa shape index (κ3) is 7.03. The molecule has 1 amide bonds. The number of nitrogens with two attached hydrogens (primary N) is 1. The summed E-state index contributed by atoms with van der Waals surface area (Å²) in [4.78, 5) is 16.9. The van der Waals surface area contributed by atoms with E-state index in [4.69, 9.17) is 5.73 Å². The lowest BCUT2D eigenvalue weighted by Gasteiger charge is -2.31. The molecule has 8 heteroatoms. The van der Waals surface area contributed by atoms with Crippen molar-refractivity contribution in [1.29, 1.82) is 0 Å². The predicted octanol–water partition coefficient (Wildman–Crippen LogP) is 3.89. The molecule has 3 rings (SSSR count). The second-order valence-corrected chi connectivity index (χ2v) is 7.61. The highest BCUT2D eigenvalue weighted by atomic mass is 35.5. The van der Waals surface area contributed by atoms with E-state index >= 15 is 0 Å². The molecule has 0 aliphatic heterocycles. The van der Waals surface area contributed by atoms with Crippen LogP contribution in [0.1, 0.15) is 41.9 Å². The van der Waals surface area contributed by atoms with Crippen molar-refractivity contribution in [3.8, 4) is 0 Å². The highest BCUT2D eigenvalue weighted by Gasteiger charge is 2.25. The van der Waals surface area contributed by atoms with Crippen molar-refractivity contribution in [2.45, 2.75) is 44.6 Å². The molecule has 1 saturated carbocycles. The first-order valence-electron chi connectivity index (χ1n) is 8.81. The normalized spacial score (nSPS) is 18.9. The van der Waals surface area contributed by atoms with E-state index in [1.54, 1.807) is 12.1 Å². The summed E-state index contributed by atoms with van der Waals surface area (Å²) < 4.78 is 13.0. The van der Waals surface area contributed by atoms with E-state index in [0.29, 0.717) is 25.3 Å². The van der Waals surface area contributed by atoms with Gasteiger partial charge in [0.25, 0.3) is 0 Å². The van der Waals surface area contributed by atoms with Crippen LogP contribution in [0.2, 0.25) is 0 Å². The van der Waals surface area contributed by atoms with Crippen molar-refractivity contribution in [2.75, 3.05) is 6.54 Å². The van der Waals surface area contributed by atoms with Gasteiger partial charge < -0.3 is 11.1 Å². The standard InChI is InChI=1S/C19H24FN3OS.2ClH/c20-15-7-5-13(6-8-15)9-19-22-16(12-25-19)10-18(24)23-17-4-2-1-3-14(17)11-21;;/h5-8,12,14,17H,1-4,9-11,21H2,(H,23,24);2*1H. The van der Waals surface area contributed by atoms with Gasteiger partial charge in [0.05, 0.1) is 17.1 Å². The van der Waals surface area contributed by atoms with Crippen molar-refractivity contribution in [2.24, 2.45) is 11.7 Å². The fraction of sp³-hybridized carbons (Fsp3) is 0.474. The number of halogens is 3. The molecule has 0 saturated heterocycles. The molecule has 1 aromatic carbocycles. The Morgan fingerprint density at radius 3 is 2.63 bits per heavy atom. The summed E-state index contributed by atoms with van der Waals surface area (Å²) in [6, 6.07) is 6.63. The van der Waals surface area contributed by atoms with Gasteiger partial charge in [0.2, 0.25) is 5.91 Å². The molecule has 0 spiro atoms. The molecular formula is C19H26Cl2FN3OS. The first kappa shape index (κ1) is 23.8. The van der Waals surface area contributed by atoms with Gasteiger partial charge in [-0.1, -0.05) is 25.0 Å². The molecule has 0 radical (unpaired) electrons. The second kappa shape index (κ2) is 11.6. The van der Waals surface area contributed by atoms with Crippen molar-refractivity contribution < 1.29 is 9.18 Å². The molecule has 1 aliphatic rings. The van der Waals surface area contributed by atoms with Crippen molar-refractivity contribution >= 4 is 42.1 Å². The average Bonchev–Trinajstić information content (AvgIpc) is 3.04. The topological polar surface area (TPSA) is 68.0 Å². The molecule has 1 fully saturated rings. The number of thiazole rings is 1. The molecule has 0 bridgehead atoms. The zero-order valence-corrected chi connectivity index (χ0v) is 17.5. The Balaban J connectivity index is 0.00000182. The van der Waals surface area contributed by atoms with E-state index in [0.717, 1.165) is 35.5 Å². The molecule has 2 aromatic rings. The van der Waals surface area contributed by atoms with Crippen molar-refractivity contribution in [1.82, 2.24) is 10.3 Å². The number of hydrogen-bond acceptors (Lipinski definition) is 4. The number of nitrogens with zero attached hydrogens (tertiary/aromatic N) is 1. The van der Waals surface area contributed by atoms with Crippen LogP contribution in [0, 0.1) is 11.7 Å². The van der Waals surface area contributed by atoms with E-state index < -0.39 is 0 Å². The van der Waals surface area contributed by atoms with Gasteiger partial charge >= 0.3 is 0 Å². The quantitative estimate of drug-likeness (QED) is 0.725. The van der Waals surface area contributed by atoms with Gasteiger partial charge in [-0.2, -0.15) is 0 Å². The largest absolute Gasteiger partial charge is 0.353 e. The molecule has 2 unspecified atom stereocenters. The maximum Gasteiger partial charge on any atom is 0.226 e. The summed E-state index contributed by atoms with van der Waals surface area (Å²) >= 11 is 1.54. The smallest absolute Gasteiger partial charge is 0.226 e. The van der Waals surface area contributed by atoms with E-state index in [1.165, 1.54) is 29.9 Å². The first-order chi connectivity index (χ1) is 12.1. The van der Waals surface area contributed by atoms with Crippen LogP contribution in [0.3, 0.4) is 0 Å². The zero-order valence-electron chi connectivity index (χ0n) is 15.0. The van der Waals surface area contributed by atoms with Gasteiger partial charge in [0.1, 0.15) is 5.82 Å². The summed E-state index contributed by atoms with van der Waals surface area (Å²) in [6.07, 6.45) is 5.42. The molecule has 4 nitrogen and oxygen atoms in total. The summed E-state index contributed by atoms with van der Waals surface area (Å²) in [7, 11) is 0. The fourth-order valence-corrected chi connectivity index (χ4v) is 4.22. The average molecular weight is 434 g/mol. The van der Waals surface area contributed by atoms with Gasteiger partial charge in [0.15, 0.2) is 0 Å². The zero-order chi connectivity index (χ0) is 17.6. The number of rotatable bonds is 6. The van der Waals surface area contributed by atoms with Crippen LogP contribution >= 0.6 is 36.2 Å². The minimum absolute atomic E-state index is 0. The Labute approximate surface area is 176 Å². The van der Waals surface area contributed by atoms with Crippen LogP contribution in [0.15, 0.2) is 29.6 Å². The molecule has 150 valence electrons. The highest BCUT2D eigenvalue weighted by molar-refractivity contribution is 7.09. The van der Waals surface area contributed by atoms with Crippen LogP contribution in [0.25, 0.3) is 0 Å². The lowest BCUT2D eigenvalue weighted by molar-refractivity contribution is -0.121. The maximum atomic E-state index is 13.0. The Morgan fingerprint density at radius 1 is 1.22 bits per heavy atom. The van der Waals surface area contributed by atoms with Crippen LogP contribution in [0.5, 0.6) is 0 Å². The summed E-state index contributed by atoms with van der Waals surface area (Å²) in [5.41, 5.74) is 7.63. The second-order valence-electron chi connectivity index (χ2n) is 6.67. The number of benzene rings is 1. The van der Waals surface area contributed by atoms with Gasteiger partial charge in [-0.25, -0.2) is 9.37 Å². The van der Waals surface area contributed by atoms with Crippen LogP contribution in [-0.4, -0.2) is 23.5 Å². The number of amides is 1. The summed E-state index contributed by atoms with van der Waals surface area (Å²) in [6.45, 7) is 0.628. The van der Waals surface area contributed by atoms with Gasteiger partial charge in [0, 0.05) is 17.8 Å². The first-order valence-corrected chi connectivity index (χ1v) is 9.69. The number of carbonyl (C=O) groups is 1. The third-order valence-corrected chi connectivity index (χ3v) is 5.67. The Bertz CT molecular complexity index is 711. The minimum Gasteiger partial charge on any atom is -0.353 e. The third-order valence-electron chi connectivity index (χ3n) is 4.77. The minimum atomic E-state index is -0.237. The van der Waals surface area contributed by atoms with Crippen LogP contribution < -0.4 is 11.1 Å². The monoisotopic (exact) mass is 433 g/mol. The predicted molar refractivity (Wildman–Crippen MR) is 112 cm³/mol. The van der Waals surface area contributed by atoms with Gasteiger partial charge in [-0.05, 0) is 43.0 Å². The molecule has 1 heterocycles. The van der Waals surface area contributed by atoms with E-state index in [9.17, 15) is 9.18 Å². The molecule has 2 atom stereocenters. The van der Waals surface area contributed by atoms with Crippen LogP contribution in [-0.2, 0) is 17.6 Å². The number of aromatic nitrogens is 1. The Kier molecular flexibility index (Phi) is 10.2. The van der Waals surface area contributed by atoms with E-state index in [2.05, 4.69) is 10.3 Å². The van der Waals surface area contributed by atoms with Crippen molar-refractivity contribution in [3.05, 3.63) is 51.7 Å². The van der Waals surface area contributed by atoms with E-state index in [-0.39, 0.29) is 42.6 Å². The highest BCUT2D eigenvalue weighted by Crippen LogP contribution is 2.23. The number of carbonyl (C=O) groups excluding carboxylic acids is 1. The number of nitrogens with one attached hydrogen (secondary N) is 1. The molecule has 3 N–H and O–H groups in total. The molecule has 1 aromatic heterocycles. The Morgan fingerprint density at radius 2 is 1.93 bits per heavy atom. The number of hydrogen-bond donors (Lipinski definition) is 2. The maximum absolute atomic E-state index is 13.0. The lowest BCUT2D eigenvalue weighted by Crippen LogP contribution is -2.45. The lowest BCUT2D eigenvalue weighted by atomic mass is 9.84. The molecular weight excluding hydrogens is 408 g/mol. The summed E-state index contributed by atoms with van der Waals surface area (Å²) in [5.74, 6) is 0.171. The van der Waals surface area contributed by atoms with Crippen LogP contribution in [0.4, 0.5) is 4.39 Å². The van der Waals surface area contributed by atoms with Crippen molar-refractivity contribution in [3.63, 3.8) is 0 Å². The van der Waals surface area contributed by atoms with Gasteiger partial charge in [-0.3, -0.25) is 4.79 Å². The van der Waals surface area contributed by atoms with E-state index in [1.807, 2.05) is 5.38 Å². The summed E-state index contributed by atoms with van der Waals surface area (Å²) in [5, 5.41) is 6.00. The van der Waals surface area contributed by atoms with Gasteiger partial charge in [-0.15, -0.1) is 36.2 Å². The molecule has 1 aliphatic carbocycles. The Hall–Kier alpha value is -1.21. The fourth-order valence-electron chi connectivity index (χ4n) is 3.39.